The first-order chi connectivity index (χ1) is 11.0. The second kappa shape index (κ2) is 8.10. The molecule has 0 aliphatic rings. The van der Waals surface area contributed by atoms with Gasteiger partial charge in [-0.1, -0.05) is 44.2 Å². The normalized spacial score (nSPS) is 11.4. The van der Waals surface area contributed by atoms with Gasteiger partial charge in [-0.2, -0.15) is 5.10 Å². The van der Waals surface area contributed by atoms with Crippen LogP contribution in [0.2, 0.25) is 0 Å². The summed E-state index contributed by atoms with van der Waals surface area (Å²) in [6.07, 6.45) is 0. The van der Waals surface area contributed by atoms with E-state index in [0.29, 0.717) is 5.56 Å². The first-order valence-electron chi connectivity index (χ1n) is 7.29. The maximum absolute atomic E-state index is 12.3. The number of hydrogen-bond donors (Lipinski definition) is 1. The number of carbonyl (C=O) groups excluding carboxylic acids is 1. The molecule has 4 nitrogen and oxygen atoms in total. The van der Waals surface area contributed by atoms with E-state index in [1.165, 1.54) is 0 Å². The number of rotatable bonds is 5. The van der Waals surface area contributed by atoms with Crippen LogP contribution in [0.5, 0.6) is 5.75 Å². The number of nitrogens with one attached hydrogen (secondary N) is 1. The number of hydrazone groups is 1. The average molecular weight is 422 g/mol. The van der Waals surface area contributed by atoms with Crippen LogP contribution in [-0.4, -0.2) is 18.7 Å². The SMILES string of the molecule is COc1ccc(C(=O)N/N=C(/c2ccccc2)C(C)C)cc1I. The lowest BCUT2D eigenvalue weighted by atomic mass is 10.0. The molecule has 0 heterocycles. The molecule has 0 aliphatic carbocycles. The Morgan fingerprint density at radius 1 is 1.13 bits per heavy atom. The van der Waals surface area contributed by atoms with E-state index >= 15 is 0 Å². The molecule has 0 aromatic heterocycles. The van der Waals surface area contributed by atoms with Crippen LogP contribution in [0.4, 0.5) is 0 Å². The predicted octanol–water partition coefficient (Wildman–Crippen LogP) is 4.09. The van der Waals surface area contributed by atoms with Crippen molar-refractivity contribution in [1.29, 1.82) is 0 Å². The van der Waals surface area contributed by atoms with Gasteiger partial charge in [0.15, 0.2) is 0 Å². The smallest absolute Gasteiger partial charge is 0.271 e. The van der Waals surface area contributed by atoms with Gasteiger partial charge >= 0.3 is 0 Å². The molecule has 1 amide bonds. The largest absolute Gasteiger partial charge is 0.496 e. The number of nitrogens with zero attached hydrogens (tertiary/aromatic N) is 1. The molecule has 1 N–H and O–H groups in total. The van der Waals surface area contributed by atoms with Gasteiger partial charge in [-0.25, -0.2) is 5.43 Å². The highest BCUT2D eigenvalue weighted by Crippen LogP contribution is 2.21. The summed E-state index contributed by atoms with van der Waals surface area (Å²) in [6, 6.07) is 15.1. The molecule has 0 saturated carbocycles. The Hall–Kier alpha value is -1.89. The Balaban J connectivity index is 2.19. The fraction of sp³-hybridized carbons (Fsp3) is 0.222. The van der Waals surface area contributed by atoms with Gasteiger partial charge < -0.3 is 4.74 Å². The molecule has 0 aliphatic heterocycles. The first kappa shape index (κ1) is 17.5. The van der Waals surface area contributed by atoms with Gasteiger partial charge in [0.05, 0.1) is 16.4 Å². The van der Waals surface area contributed by atoms with Gasteiger partial charge in [-0.3, -0.25) is 4.79 Å². The first-order valence-corrected chi connectivity index (χ1v) is 8.37. The summed E-state index contributed by atoms with van der Waals surface area (Å²) < 4.78 is 6.08. The van der Waals surface area contributed by atoms with Crippen molar-refractivity contribution in [2.75, 3.05) is 7.11 Å². The molecular weight excluding hydrogens is 403 g/mol. The van der Waals surface area contributed by atoms with E-state index in [9.17, 15) is 4.79 Å². The minimum absolute atomic E-state index is 0.203. The Labute approximate surface area is 150 Å². The highest BCUT2D eigenvalue weighted by molar-refractivity contribution is 14.1. The summed E-state index contributed by atoms with van der Waals surface area (Å²) in [5, 5.41) is 4.33. The van der Waals surface area contributed by atoms with Crippen molar-refractivity contribution < 1.29 is 9.53 Å². The molecule has 5 heteroatoms. The number of benzene rings is 2. The van der Waals surface area contributed by atoms with Crippen LogP contribution in [0, 0.1) is 9.49 Å². The maximum atomic E-state index is 12.3. The van der Waals surface area contributed by atoms with Crippen molar-refractivity contribution in [3.05, 3.63) is 63.2 Å². The van der Waals surface area contributed by atoms with Crippen LogP contribution in [-0.2, 0) is 0 Å². The van der Waals surface area contributed by atoms with E-state index in [2.05, 4.69) is 33.1 Å². The topological polar surface area (TPSA) is 50.7 Å². The van der Waals surface area contributed by atoms with Crippen LogP contribution in [0.15, 0.2) is 53.6 Å². The van der Waals surface area contributed by atoms with Crippen molar-refractivity contribution in [3.63, 3.8) is 0 Å². The molecule has 0 bridgehead atoms. The second-order valence-electron chi connectivity index (χ2n) is 5.31. The Morgan fingerprint density at radius 3 is 2.39 bits per heavy atom. The zero-order valence-electron chi connectivity index (χ0n) is 13.3. The maximum Gasteiger partial charge on any atom is 0.271 e. The van der Waals surface area contributed by atoms with E-state index in [1.54, 1.807) is 25.3 Å². The molecule has 0 saturated heterocycles. The zero-order valence-corrected chi connectivity index (χ0v) is 15.5. The van der Waals surface area contributed by atoms with Gasteiger partial charge in [-0.15, -0.1) is 0 Å². The third-order valence-electron chi connectivity index (χ3n) is 3.31. The van der Waals surface area contributed by atoms with E-state index in [-0.39, 0.29) is 11.8 Å². The summed E-state index contributed by atoms with van der Waals surface area (Å²) >= 11 is 2.14. The second-order valence-corrected chi connectivity index (χ2v) is 6.47. The molecule has 2 aromatic carbocycles. The van der Waals surface area contributed by atoms with Crippen molar-refractivity contribution in [1.82, 2.24) is 5.43 Å². The average Bonchev–Trinajstić information content (AvgIpc) is 2.55. The van der Waals surface area contributed by atoms with Crippen LogP contribution in [0.25, 0.3) is 0 Å². The minimum atomic E-state index is -0.236. The lowest BCUT2D eigenvalue weighted by Crippen LogP contribution is -2.22. The highest BCUT2D eigenvalue weighted by atomic mass is 127. The van der Waals surface area contributed by atoms with Crippen LogP contribution in [0.3, 0.4) is 0 Å². The number of amides is 1. The number of halogens is 1. The van der Waals surface area contributed by atoms with Gasteiger partial charge in [0, 0.05) is 5.56 Å². The monoisotopic (exact) mass is 422 g/mol. The third-order valence-corrected chi connectivity index (χ3v) is 4.15. The molecular formula is C18H19IN2O2. The van der Waals surface area contributed by atoms with Gasteiger partial charge in [-0.05, 0) is 52.3 Å². The summed E-state index contributed by atoms with van der Waals surface area (Å²) in [6.45, 7) is 4.10. The number of carbonyl (C=O) groups is 1. The molecule has 0 radical (unpaired) electrons. The molecule has 23 heavy (non-hydrogen) atoms. The molecule has 0 fully saturated rings. The lowest BCUT2D eigenvalue weighted by molar-refractivity contribution is 0.0954. The quantitative estimate of drug-likeness (QED) is 0.449. The Morgan fingerprint density at radius 2 is 1.83 bits per heavy atom. The number of hydrogen-bond acceptors (Lipinski definition) is 3. The van der Waals surface area contributed by atoms with Crippen LogP contribution < -0.4 is 10.2 Å². The Bertz CT molecular complexity index is 712. The lowest BCUT2D eigenvalue weighted by Gasteiger charge is -2.11. The van der Waals surface area contributed by atoms with Crippen molar-refractivity contribution in [3.8, 4) is 5.75 Å². The van der Waals surface area contributed by atoms with E-state index in [0.717, 1.165) is 20.6 Å². The molecule has 2 rings (SSSR count). The molecule has 0 atom stereocenters. The van der Waals surface area contributed by atoms with Crippen LogP contribution >= 0.6 is 22.6 Å². The Kier molecular flexibility index (Phi) is 6.15. The zero-order chi connectivity index (χ0) is 16.8. The van der Waals surface area contributed by atoms with Crippen molar-refractivity contribution in [2.24, 2.45) is 11.0 Å². The van der Waals surface area contributed by atoms with Crippen molar-refractivity contribution >= 4 is 34.2 Å². The molecule has 2 aromatic rings. The summed E-state index contributed by atoms with van der Waals surface area (Å²) in [5.74, 6) is 0.714. The number of ether oxygens (including phenoxy) is 1. The highest BCUT2D eigenvalue weighted by Gasteiger charge is 2.11. The summed E-state index contributed by atoms with van der Waals surface area (Å²) in [7, 11) is 1.61. The van der Waals surface area contributed by atoms with Gasteiger partial charge in [0.2, 0.25) is 0 Å². The minimum Gasteiger partial charge on any atom is -0.496 e. The fourth-order valence-electron chi connectivity index (χ4n) is 2.12. The molecule has 120 valence electrons. The summed E-state index contributed by atoms with van der Waals surface area (Å²) in [5.41, 5.74) is 5.06. The standard InChI is InChI=1S/C18H19IN2O2/c1-12(2)17(13-7-5-4-6-8-13)20-21-18(22)14-9-10-16(23-3)15(19)11-14/h4-12H,1-3H3,(H,21,22)/b20-17+. The predicted molar refractivity (Wildman–Crippen MR) is 101 cm³/mol. The van der Waals surface area contributed by atoms with Gasteiger partial charge in [0.1, 0.15) is 5.75 Å². The molecule has 0 unspecified atom stereocenters. The van der Waals surface area contributed by atoms with Gasteiger partial charge in [0.25, 0.3) is 5.91 Å². The number of methoxy groups -OCH3 is 1. The fourth-order valence-corrected chi connectivity index (χ4v) is 2.85. The van der Waals surface area contributed by atoms with E-state index in [4.69, 9.17) is 4.74 Å². The molecule has 0 spiro atoms. The summed E-state index contributed by atoms with van der Waals surface area (Å²) in [4.78, 5) is 12.3. The van der Waals surface area contributed by atoms with E-state index < -0.39 is 0 Å². The van der Waals surface area contributed by atoms with Crippen molar-refractivity contribution in [2.45, 2.75) is 13.8 Å². The third kappa shape index (κ3) is 4.54. The van der Waals surface area contributed by atoms with E-state index in [1.807, 2.05) is 44.2 Å². The van der Waals surface area contributed by atoms with Crippen LogP contribution in [0.1, 0.15) is 29.8 Å².